The summed E-state index contributed by atoms with van der Waals surface area (Å²) in [6.45, 7) is 8.46. The lowest BCUT2D eigenvalue weighted by molar-refractivity contribution is 0.102. The van der Waals surface area contributed by atoms with Crippen molar-refractivity contribution in [1.29, 1.82) is 0 Å². The van der Waals surface area contributed by atoms with Gasteiger partial charge in [-0.05, 0) is 55.7 Å². The molecule has 2 aromatic carbocycles. The Balaban J connectivity index is 2.21. The molecule has 0 atom stereocenters. The molecule has 5 heteroatoms. The largest absolute Gasteiger partial charge is 0.490 e. The Labute approximate surface area is 268 Å². The van der Waals surface area contributed by atoms with Gasteiger partial charge in [0.05, 0.1) is 19.8 Å². The van der Waals surface area contributed by atoms with Gasteiger partial charge in [-0.3, -0.25) is 4.79 Å². The third-order valence-electron chi connectivity index (χ3n) is 7.85. The zero-order chi connectivity index (χ0) is 31.7. The number of rotatable bonds is 26. The number of nitrogens with one attached hydrogen (secondary N) is 1. The first-order valence-electron chi connectivity index (χ1n) is 17.6. The second kappa shape index (κ2) is 24.2. The minimum atomic E-state index is -0.227. The van der Waals surface area contributed by atoms with Gasteiger partial charge in [-0.1, -0.05) is 123 Å². The molecular weight excluding hydrogens is 546 g/mol. The SMILES string of the molecule is C#Cc1ccc(NC(=O)c2cc(OCCCCCCCC)c(OCCCCCCCC)c(OCCCCCCCC)c2)cc1. The summed E-state index contributed by atoms with van der Waals surface area (Å²) in [6, 6.07) is 10.9. The van der Waals surface area contributed by atoms with Gasteiger partial charge < -0.3 is 19.5 Å². The highest BCUT2D eigenvalue weighted by Crippen LogP contribution is 2.40. The Morgan fingerprint density at radius 2 is 1.02 bits per heavy atom. The van der Waals surface area contributed by atoms with Crippen LogP contribution in [0, 0.1) is 12.3 Å². The van der Waals surface area contributed by atoms with Crippen LogP contribution in [0.5, 0.6) is 17.2 Å². The molecule has 1 N–H and O–H groups in total. The predicted molar refractivity (Wildman–Crippen MR) is 185 cm³/mol. The van der Waals surface area contributed by atoms with Crippen molar-refractivity contribution in [3.8, 4) is 29.6 Å². The molecular formula is C39H59NO4. The van der Waals surface area contributed by atoms with E-state index in [1.54, 1.807) is 12.1 Å². The van der Waals surface area contributed by atoms with Crippen molar-refractivity contribution in [3.63, 3.8) is 0 Å². The highest BCUT2D eigenvalue weighted by atomic mass is 16.5. The van der Waals surface area contributed by atoms with Crippen molar-refractivity contribution in [3.05, 3.63) is 47.5 Å². The molecule has 0 aliphatic heterocycles. The van der Waals surface area contributed by atoms with E-state index < -0.39 is 0 Å². The number of ether oxygens (including phenoxy) is 3. The molecule has 0 bridgehead atoms. The molecule has 0 radical (unpaired) electrons. The van der Waals surface area contributed by atoms with Gasteiger partial charge >= 0.3 is 0 Å². The molecule has 1 amide bonds. The van der Waals surface area contributed by atoms with E-state index in [4.69, 9.17) is 20.6 Å². The van der Waals surface area contributed by atoms with Gasteiger partial charge in [0.2, 0.25) is 5.75 Å². The summed E-state index contributed by atoms with van der Waals surface area (Å²) >= 11 is 0. The van der Waals surface area contributed by atoms with Crippen LogP contribution in [0.1, 0.15) is 152 Å². The number of terminal acetylenes is 1. The zero-order valence-corrected chi connectivity index (χ0v) is 28.0. The first-order chi connectivity index (χ1) is 21.6. The number of hydrogen-bond acceptors (Lipinski definition) is 4. The molecule has 0 heterocycles. The van der Waals surface area contributed by atoms with Crippen LogP contribution in [0.4, 0.5) is 5.69 Å². The normalized spacial score (nSPS) is 10.8. The Kier molecular flexibility index (Phi) is 20.4. The quantitative estimate of drug-likeness (QED) is 0.0856. The van der Waals surface area contributed by atoms with Crippen LogP contribution < -0.4 is 19.5 Å². The Hall–Kier alpha value is -3.13. The maximum atomic E-state index is 13.4. The van der Waals surface area contributed by atoms with Gasteiger partial charge in [-0.25, -0.2) is 0 Å². The summed E-state index contributed by atoms with van der Waals surface area (Å²) in [6.07, 6.45) is 26.8. The average molecular weight is 606 g/mol. The van der Waals surface area contributed by atoms with Crippen molar-refractivity contribution in [2.75, 3.05) is 25.1 Å². The molecule has 0 aliphatic carbocycles. The summed E-state index contributed by atoms with van der Waals surface area (Å²) in [5.74, 6) is 4.16. The van der Waals surface area contributed by atoms with E-state index in [-0.39, 0.29) is 5.91 Å². The fourth-order valence-corrected chi connectivity index (χ4v) is 5.10. The van der Waals surface area contributed by atoms with Crippen LogP contribution in [-0.2, 0) is 0 Å². The van der Waals surface area contributed by atoms with E-state index in [2.05, 4.69) is 32.0 Å². The lowest BCUT2D eigenvalue weighted by Gasteiger charge is -2.19. The van der Waals surface area contributed by atoms with Crippen molar-refractivity contribution in [2.24, 2.45) is 0 Å². The highest BCUT2D eigenvalue weighted by molar-refractivity contribution is 6.05. The van der Waals surface area contributed by atoms with E-state index in [1.807, 2.05) is 24.3 Å². The second-order valence-electron chi connectivity index (χ2n) is 11.8. The molecule has 0 fully saturated rings. The highest BCUT2D eigenvalue weighted by Gasteiger charge is 2.19. The van der Waals surface area contributed by atoms with Gasteiger partial charge in [0.25, 0.3) is 5.91 Å². The fourth-order valence-electron chi connectivity index (χ4n) is 5.10. The molecule has 0 aliphatic rings. The smallest absolute Gasteiger partial charge is 0.255 e. The molecule has 0 spiro atoms. The number of carbonyl (C=O) groups excluding carboxylic acids is 1. The zero-order valence-electron chi connectivity index (χ0n) is 28.0. The second-order valence-corrected chi connectivity index (χ2v) is 11.8. The summed E-state index contributed by atoms with van der Waals surface area (Å²) in [5.41, 5.74) is 1.93. The Bertz CT molecular complexity index is 1030. The van der Waals surface area contributed by atoms with E-state index in [0.717, 1.165) is 44.1 Å². The molecule has 244 valence electrons. The first kappa shape index (κ1) is 37.1. The van der Waals surface area contributed by atoms with Crippen LogP contribution in [0.3, 0.4) is 0 Å². The van der Waals surface area contributed by atoms with E-state index >= 15 is 0 Å². The van der Waals surface area contributed by atoms with Crippen molar-refractivity contribution in [2.45, 2.75) is 136 Å². The van der Waals surface area contributed by atoms with E-state index in [9.17, 15) is 4.79 Å². The molecule has 2 aromatic rings. The Morgan fingerprint density at radius 1 is 0.614 bits per heavy atom. The third-order valence-corrected chi connectivity index (χ3v) is 7.85. The predicted octanol–water partition coefficient (Wildman–Crippen LogP) is 11.1. The third kappa shape index (κ3) is 15.6. The average Bonchev–Trinajstić information content (AvgIpc) is 3.04. The maximum Gasteiger partial charge on any atom is 0.255 e. The lowest BCUT2D eigenvalue weighted by Crippen LogP contribution is -2.14. The van der Waals surface area contributed by atoms with Crippen molar-refractivity contribution in [1.82, 2.24) is 0 Å². The van der Waals surface area contributed by atoms with Crippen LogP contribution in [0.25, 0.3) is 0 Å². The number of benzene rings is 2. The number of hydrogen-bond donors (Lipinski definition) is 1. The van der Waals surface area contributed by atoms with E-state index in [1.165, 1.54) is 77.0 Å². The van der Waals surface area contributed by atoms with Crippen molar-refractivity contribution < 1.29 is 19.0 Å². The molecule has 0 saturated carbocycles. The molecule has 5 nitrogen and oxygen atoms in total. The van der Waals surface area contributed by atoms with Crippen LogP contribution in [0.15, 0.2) is 36.4 Å². The maximum absolute atomic E-state index is 13.4. The summed E-state index contributed by atoms with van der Waals surface area (Å²) < 4.78 is 19.0. The van der Waals surface area contributed by atoms with Crippen LogP contribution >= 0.6 is 0 Å². The minimum absolute atomic E-state index is 0.227. The minimum Gasteiger partial charge on any atom is -0.490 e. The number of carbonyl (C=O) groups is 1. The molecule has 0 aromatic heterocycles. The molecule has 2 rings (SSSR count). The van der Waals surface area contributed by atoms with Gasteiger partial charge in [0.15, 0.2) is 11.5 Å². The van der Waals surface area contributed by atoms with Gasteiger partial charge in [-0.15, -0.1) is 6.42 Å². The topological polar surface area (TPSA) is 56.8 Å². The first-order valence-corrected chi connectivity index (χ1v) is 17.6. The van der Waals surface area contributed by atoms with Gasteiger partial charge in [0.1, 0.15) is 0 Å². The van der Waals surface area contributed by atoms with E-state index in [0.29, 0.717) is 48.3 Å². The fraction of sp³-hybridized carbons (Fsp3) is 0.615. The Morgan fingerprint density at radius 3 is 1.45 bits per heavy atom. The number of amides is 1. The lowest BCUT2D eigenvalue weighted by atomic mass is 10.1. The van der Waals surface area contributed by atoms with Crippen LogP contribution in [0.2, 0.25) is 0 Å². The molecule has 44 heavy (non-hydrogen) atoms. The van der Waals surface area contributed by atoms with Crippen LogP contribution in [-0.4, -0.2) is 25.7 Å². The molecule has 0 saturated heterocycles. The summed E-state index contributed by atoms with van der Waals surface area (Å²) in [7, 11) is 0. The number of anilines is 1. The van der Waals surface area contributed by atoms with Crippen molar-refractivity contribution >= 4 is 11.6 Å². The summed E-state index contributed by atoms with van der Waals surface area (Å²) in [5, 5.41) is 2.99. The monoisotopic (exact) mass is 605 g/mol. The molecule has 0 unspecified atom stereocenters. The summed E-state index contributed by atoms with van der Waals surface area (Å²) in [4.78, 5) is 13.4. The van der Waals surface area contributed by atoms with Gasteiger partial charge in [-0.2, -0.15) is 0 Å². The van der Waals surface area contributed by atoms with Gasteiger partial charge in [0, 0.05) is 16.8 Å². The standard InChI is InChI=1S/C39H59NO4/c1-5-9-12-15-18-21-28-42-36-31-34(39(41)40-35-26-24-33(8-4)25-27-35)32-37(43-29-22-19-16-13-10-6-2)38(36)44-30-23-20-17-14-11-7-3/h4,24-27,31-32H,5-7,9-23,28-30H2,1-3H3,(H,40,41). The number of unbranched alkanes of at least 4 members (excludes halogenated alkanes) is 15.